The first kappa shape index (κ1) is 9.84. The zero-order valence-corrected chi connectivity index (χ0v) is 8.33. The van der Waals surface area contributed by atoms with E-state index in [-0.39, 0.29) is 5.91 Å². The quantitative estimate of drug-likeness (QED) is 0.714. The van der Waals surface area contributed by atoms with Crippen LogP contribution >= 0.6 is 0 Å². The summed E-state index contributed by atoms with van der Waals surface area (Å²) in [4.78, 5) is 12.9. The Balaban J connectivity index is 2.54. The second-order valence-corrected chi connectivity index (χ2v) is 3.12. The van der Waals surface area contributed by atoms with Gasteiger partial charge < -0.3 is 9.32 Å². The fourth-order valence-electron chi connectivity index (χ4n) is 1.16. The van der Waals surface area contributed by atoms with E-state index in [4.69, 9.17) is 4.42 Å². The second kappa shape index (κ2) is 4.12. The zero-order valence-electron chi connectivity index (χ0n) is 8.33. The third-order valence-corrected chi connectivity index (χ3v) is 1.92. The maximum absolute atomic E-state index is 11.2. The summed E-state index contributed by atoms with van der Waals surface area (Å²) in [5.41, 5.74) is 0. The van der Waals surface area contributed by atoms with Crippen LogP contribution in [0.4, 0.5) is 0 Å². The second-order valence-electron chi connectivity index (χ2n) is 3.12. The molecule has 0 bridgehead atoms. The number of rotatable bonds is 3. The summed E-state index contributed by atoms with van der Waals surface area (Å²) in [6.45, 7) is 4.30. The molecule has 0 radical (unpaired) electrons. The van der Waals surface area contributed by atoms with Gasteiger partial charge in [-0.05, 0) is 19.1 Å². The molecule has 3 nitrogen and oxygen atoms in total. The number of hydrogen-bond acceptors (Lipinski definition) is 2. The highest BCUT2D eigenvalue weighted by Crippen LogP contribution is 2.08. The van der Waals surface area contributed by atoms with Crippen LogP contribution in [0, 0.1) is 6.92 Å². The van der Waals surface area contributed by atoms with Crippen molar-refractivity contribution < 1.29 is 9.21 Å². The molecule has 0 fully saturated rings. The van der Waals surface area contributed by atoms with Crippen LogP contribution in [-0.4, -0.2) is 17.9 Å². The highest BCUT2D eigenvalue weighted by atomic mass is 16.3. The lowest BCUT2D eigenvalue weighted by molar-refractivity contribution is -0.130. The monoisotopic (exact) mass is 181 g/mol. The number of carbonyl (C=O) groups excluding carboxylic acids is 1. The van der Waals surface area contributed by atoms with E-state index in [1.807, 2.05) is 26.0 Å². The molecule has 3 heteroatoms. The van der Waals surface area contributed by atoms with Crippen LogP contribution in [0.3, 0.4) is 0 Å². The largest absolute Gasteiger partial charge is 0.464 e. The predicted molar refractivity (Wildman–Crippen MR) is 50.2 cm³/mol. The average molecular weight is 181 g/mol. The Morgan fingerprint density at radius 3 is 2.69 bits per heavy atom. The highest BCUT2D eigenvalue weighted by Gasteiger charge is 2.08. The first-order valence-electron chi connectivity index (χ1n) is 4.42. The smallest absolute Gasteiger partial charge is 0.222 e. The third-order valence-electron chi connectivity index (χ3n) is 1.92. The molecule has 0 aliphatic rings. The minimum absolute atomic E-state index is 0.133. The van der Waals surface area contributed by atoms with Crippen LogP contribution in [0.1, 0.15) is 24.9 Å². The summed E-state index contributed by atoms with van der Waals surface area (Å²) in [5, 5.41) is 0. The molecule has 1 aromatic heterocycles. The Bertz CT molecular complexity index is 291. The van der Waals surface area contributed by atoms with Gasteiger partial charge in [-0.15, -0.1) is 0 Å². The number of nitrogens with zero attached hydrogens (tertiary/aromatic N) is 1. The van der Waals surface area contributed by atoms with Crippen molar-refractivity contribution in [2.75, 3.05) is 7.05 Å². The van der Waals surface area contributed by atoms with Crippen LogP contribution in [0.5, 0.6) is 0 Å². The summed E-state index contributed by atoms with van der Waals surface area (Å²) < 4.78 is 5.35. The van der Waals surface area contributed by atoms with Gasteiger partial charge in [0.2, 0.25) is 5.91 Å². The van der Waals surface area contributed by atoms with Gasteiger partial charge in [-0.3, -0.25) is 4.79 Å². The summed E-state index contributed by atoms with van der Waals surface area (Å²) >= 11 is 0. The van der Waals surface area contributed by atoms with Gasteiger partial charge in [0.05, 0.1) is 6.54 Å². The molecule has 0 atom stereocenters. The Labute approximate surface area is 78.3 Å². The lowest BCUT2D eigenvalue weighted by atomic mass is 10.3. The van der Waals surface area contributed by atoms with Crippen LogP contribution in [-0.2, 0) is 11.3 Å². The summed E-state index contributed by atoms with van der Waals surface area (Å²) in [6, 6.07) is 3.80. The molecule has 0 aliphatic heterocycles. The fraction of sp³-hybridized carbons (Fsp3) is 0.500. The average Bonchev–Trinajstić information content (AvgIpc) is 2.49. The van der Waals surface area contributed by atoms with Gasteiger partial charge >= 0.3 is 0 Å². The molecule has 0 aromatic carbocycles. The molecule has 72 valence electrons. The van der Waals surface area contributed by atoms with E-state index >= 15 is 0 Å². The molecule has 0 spiro atoms. The van der Waals surface area contributed by atoms with E-state index in [1.54, 1.807) is 11.9 Å². The molecule has 1 amide bonds. The lowest BCUT2D eigenvalue weighted by Gasteiger charge is -2.13. The number of amides is 1. The highest BCUT2D eigenvalue weighted by molar-refractivity contribution is 5.75. The van der Waals surface area contributed by atoms with Gasteiger partial charge in [-0.2, -0.15) is 0 Å². The maximum atomic E-state index is 11.2. The molecule has 1 heterocycles. The molecular formula is C10H15NO2. The number of hydrogen-bond donors (Lipinski definition) is 0. The molecule has 13 heavy (non-hydrogen) atoms. The van der Waals surface area contributed by atoms with Crippen LogP contribution < -0.4 is 0 Å². The van der Waals surface area contributed by atoms with E-state index in [1.165, 1.54) is 0 Å². The molecular weight excluding hydrogens is 166 g/mol. The van der Waals surface area contributed by atoms with E-state index in [0.717, 1.165) is 11.5 Å². The molecule has 0 unspecified atom stereocenters. The Kier molecular flexibility index (Phi) is 3.12. The van der Waals surface area contributed by atoms with Crippen molar-refractivity contribution in [1.29, 1.82) is 0 Å². The Morgan fingerprint density at radius 1 is 1.54 bits per heavy atom. The zero-order chi connectivity index (χ0) is 9.84. The van der Waals surface area contributed by atoms with Crippen molar-refractivity contribution >= 4 is 5.91 Å². The third kappa shape index (κ3) is 2.61. The van der Waals surface area contributed by atoms with Gasteiger partial charge in [0.15, 0.2) is 0 Å². The minimum atomic E-state index is 0.133. The molecule has 0 saturated carbocycles. The Morgan fingerprint density at radius 2 is 2.23 bits per heavy atom. The Hall–Kier alpha value is -1.25. The fourth-order valence-corrected chi connectivity index (χ4v) is 1.16. The van der Waals surface area contributed by atoms with Crippen molar-refractivity contribution in [3.05, 3.63) is 23.7 Å². The van der Waals surface area contributed by atoms with E-state index < -0.39 is 0 Å². The van der Waals surface area contributed by atoms with Crippen molar-refractivity contribution in [3.8, 4) is 0 Å². The van der Waals surface area contributed by atoms with Crippen LogP contribution in [0.15, 0.2) is 16.5 Å². The van der Waals surface area contributed by atoms with Crippen molar-refractivity contribution in [2.24, 2.45) is 0 Å². The standard InChI is InChI=1S/C10H15NO2/c1-4-10(12)11(3)7-9-6-5-8(2)13-9/h5-6H,4,7H2,1-3H3. The van der Waals surface area contributed by atoms with E-state index in [0.29, 0.717) is 13.0 Å². The minimum Gasteiger partial charge on any atom is -0.464 e. The van der Waals surface area contributed by atoms with E-state index in [9.17, 15) is 4.79 Å². The number of carbonyl (C=O) groups is 1. The summed E-state index contributed by atoms with van der Waals surface area (Å²) in [7, 11) is 1.78. The van der Waals surface area contributed by atoms with Gasteiger partial charge in [-0.25, -0.2) is 0 Å². The molecule has 0 saturated heterocycles. The van der Waals surface area contributed by atoms with Gasteiger partial charge in [0.25, 0.3) is 0 Å². The lowest BCUT2D eigenvalue weighted by Crippen LogP contribution is -2.24. The van der Waals surface area contributed by atoms with Crippen molar-refractivity contribution in [3.63, 3.8) is 0 Å². The van der Waals surface area contributed by atoms with Gasteiger partial charge in [0, 0.05) is 13.5 Å². The normalized spacial score (nSPS) is 10.1. The maximum Gasteiger partial charge on any atom is 0.222 e. The van der Waals surface area contributed by atoms with Crippen LogP contribution in [0.2, 0.25) is 0 Å². The molecule has 0 N–H and O–H groups in total. The molecule has 1 aromatic rings. The van der Waals surface area contributed by atoms with E-state index in [2.05, 4.69) is 0 Å². The summed E-state index contributed by atoms with van der Waals surface area (Å²) in [6.07, 6.45) is 0.538. The van der Waals surface area contributed by atoms with Crippen molar-refractivity contribution in [2.45, 2.75) is 26.8 Å². The number of furan rings is 1. The first-order chi connectivity index (χ1) is 6.13. The van der Waals surface area contributed by atoms with Crippen molar-refractivity contribution in [1.82, 2.24) is 4.90 Å². The predicted octanol–water partition coefficient (Wildman–Crippen LogP) is 1.96. The molecule has 1 rings (SSSR count). The van der Waals surface area contributed by atoms with Gasteiger partial charge in [0.1, 0.15) is 11.5 Å². The SMILES string of the molecule is CCC(=O)N(C)Cc1ccc(C)o1. The first-order valence-corrected chi connectivity index (χ1v) is 4.42. The topological polar surface area (TPSA) is 33.5 Å². The molecule has 0 aliphatic carbocycles. The summed E-state index contributed by atoms with van der Waals surface area (Å²) in [5.74, 6) is 1.85. The number of aryl methyl sites for hydroxylation is 1. The van der Waals surface area contributed by atoms with Crippen LogP contribution in [0.25, 0.3) is 0 Å². The van der Waals surface area contributed by atoms with Gasteiger partial charge in [-0.1, -0.05) is 6.92 Å².